The highest BCUT2D eigenvalue weighted by Crippen LogP contribution is 2.38. The minimum absolute atomic E-state index is 0.0485. The third kappa shape index (κ3) is 6.43. The molecule has 0 aliphatic carbocycles. The Hall–Kier alpha value is -3.63. The molecule has 1 amide bonds. The molecule has 3 aromatic carbocycles. The molecule has 0 radical (unpaired) electrons. The Bertz CT molecular complexity index is 1220. The van der Waals surface area contributed by atoms with Gasteiger partial charge >= 0.3 is 0 Å². The summed E-state index contributed by atoms with van der Waals surface area (Å²) in [5.74, 6) is 0.112. The van der Waals surface area contributed by atoms with Crippen LogP contribution in [-0.4, -0.2) is 12.5 Å². The van der Waals surface area contributed by atoms with Gasteiger partial charge in [-0.2, -0.15) is 5.26 Å². The smallest absolute Gasteiger partial charge is 0.266 e. The molecular formula is C26H22BrFN2O3. The number of carbonyl (C=O) groups excluding carboxylic acids is 1. The number of carbonyl (C=O) groups is 1. The van der Waals surface area contributed by atoms with E-state index in [9.17, 15) is 14.4 Å². The van der Waals surface area contributed by atoms with E-state index in [4.69, 9.17) is 9.47 Å². The molecule has 0 heterocycles. The zero-order valence-electron chi connectivity index (χ0n) is 18.2. The molecule has 0 atom stereocenters. The molecule has 0 bridgehead atoms. The summed E-state index contributed by atoms with van der Waals surface area (Å²) in [6, 6.07) is 18.8. The number of ether oxygens (including phenoxy) is 2. The monoisotopic (exact) mass is 508 g/mol. The second-order valence-corrected chi connectivity index (χ2v) is 7.97. The van der Waals surface area contributed by atoms with Gasteiger partial charge in [-0.15, -0.1) is 0 Å². The average Bonchev–Trinajstić information content (AvgIpc) is 2.79. The van der Waals surface area contributed by atoms with Crippen LogP contribution in [0, 0.1) is 24.1 Å². The topological polar surface area (TPSA) is 71.3 Å². The van der Waals surface area contributed by atoms with Crippen LogP contribution in [0.4, 0.5) is 10.1 Å². The largest absolute Gasteiger partial charge is 0.490 e. The van der Waals surface area contributed by atoms with Crippen LogP contribution in [0.3, 0.4) is 0 Å². The van der Waals surface area contributed by atoms with Crippen LogP contribution >= 0.6 is 15.9 Å². The van der Waals surface area contributed by atoms with E-state index in [0.29, 0.717) is 33.8 Å². The normalized spacial score (nSPS) is 10.9. The lowest BCUT2D eigenvalue weighted by molar-refractivity contribution is -0.112. The number of halogens is 2. The summed E-state index contributed by atoms with van der Waals surface area (Å²) in [5, 5.41) is 12.3. The molecule has 0 aromatic heterocycles. The highest BCUT2D eigenvalue weighted by molar-refractivity contribution is 9.10. The van der Waals surface area contributed by atoms with Gasteiger partial charge in [0.15, 0.2) is 11.5 Å². The molecule has 0 saturated heterocycles. The number of anilines is 1. The second kappa shape index (κ2) is 11.3. The van der Waals surface area contributed by atoms with Crippen molar-refractivity contribution in [1.29, 1.82) is 5.26 Å². The minimum Gasteiger partial charge on any atom is -0.490 e. The molecule has 0 spiro atoms. The predicted octanol–water partition coefficient (Wildman–Crippen LogP) is 6.42. The SMILES string of the molecule is CCOc1cc(/C=C(\C#N)C(=O)Nc2ccccc2C)cc(Br)c1OCc1ccc(F)cc1. The number of nitrogens with zero attached hydrogens (tertiary/aromatic N) is 1. The van der Waals surface area contributed by atoms with Crippen molar-refractivity contribution in [3.05, 3.63) is 93.2 Å². The maximum atomic E-state index is 13.1. The molecule has 0 aliphatic rings. The van der Waals surface area contributed by atoms with Crippen molar-refractivity contribution in [3.8, 4) is 17.6 Å². The van der Waals surface area contributed by atoms with E-state index >= 15 is 0 Å². The predicted molar refractivity (Wildman–Crippen MR) is 129 cm³/mol. The first-order valence-corrected chi connectivity index (χ1v) is 11.0. The molecule has 33 heavy (non-hydrogen) atoms. The van der Waals surface area contributed by atoms with Gasteiger partial charge in [0.1, 0.15) is 24.1 Å². The number of hydrogen-bond donors (Lipinski definition) is 1. The van der Waals surface area contributed by atoms with Crippen LogP contribution in [0.25, 0.3) is 6.08 Å². The molecule has 5 nitrogen and oxygen atoms in total. The lowest BCUT2D eigenvalue weighted by Crippen LogP contribution is -2.14. The number of nitriles is 1. The third-order valence-corrected chi connectivity index (χ3v) is 5.29. The van der Waals surface area contributed by atoms with Gasteiger partial charge in [-0.25, -0.2) is 4.39 Å². The molecule has 3 aromatic rings. The number of benzene rings is 3. The Kier molecular flexibility index (Phi) is 8.22. The highest BCUT2D eigenvalue weighted by atomic mass is 79.9. The van der Waals surface area contributed by atoms with Gasteiger partial charge in [-0.1, -0.05) is 30.3 Å². The van der Waals surface area contributed by atoms with Gasteiger partial charge in [0.05, 0.1) is 11.1 Å². The molecule has 7 heteroatoms. The highest BCUT2D eigenvalue weighted by Gasteiger charge is 2.15. The molecule has 1 N–H and O–H groups in total. The summed E-state index contributed by atoms with van der Waals surface area (Å²) in [6.45, 7) is 4.33. The summed E-state index contributed by atoms with van der Waals surface area (Å²) in [7, 11) is 0. The third-order valence-electron chi connectivity index (χ3n) is 4.70. The van der Waals surface area contributed by atoms with Gasteiger partial charge in [0.25, 0.3) is 5.91 Å². The first-order valence-electron chi connectivity index (χ1n) is 10.2. The van der Waals surface area contributed by atoms with Crippen molar-refractivity contribution < 1.29 is 18.7 Å². The van der Waals surface area contributed by atoms with Crippen molar-refractivity contribution in [3.63, 3.8) is 0 Å². The lowest BCUT2D eigenvalue weighted by atomic mass is 10.1. The average molecular weight is 509 g/mol. The Morgan fingerprint density at radius 1 is 1.15 bits per heavy atom. The van der Waals surface area contributed by atoms with Crippen molar-refractivity contribution in [2.45, 2.75) is 20.5 Å². The Labute approximate surface area is 200 Å². The Morgan fingerprint density at radius 3 is 2.55 bits per heavy atom. The van der Waals surface area contributed by atoms with Gasteiger partial charge in [-0.05, 0) is 82.9 Å². The van der Waals surface area contributed by atoms with Crippen LogP contribution in [-0.2, 0) is 11.4 Å². The van der Waals surface area contributed by atoms with E-state index in [1.807, 2.05) is 38.1 Å². The van der Waals surface area contributed by atoms with Crippen molar-refractivity contribution in [2.75, 3.05) is 11.9 Å². The standard InChI is InChI=1S/C26H22BrFN2O3/c1-3-32-24-14-19(12-20(15-29)26(31)30-23-7-5-4-6-17(23)2)13-22(27)25(24)33-16-18-8-10-21(28)11-9-18/h4-14H,3,16H2,1-2H3,(H,30,31)/b20-12+. The summed E-state index contributed by atoms with van der Waals surface area (Å²) in [6.07, 6.45) is 1.49. The van der Waals surface area contributed by atoms with Gasteiger partial charge in [-0.3, -0.25) is 4.79 Å². The summed E-state index contributed by atoms with van der Waals surface area (Å²) in [5.41, 5.74) is 2.88. The minimum atomic E-state index is -0.502. The first-order chi connectivity index (χ1) is 15.9. The fraction of sp³-hybridized carbons (Fsp3) is 0.154. The summed E-state index contributed by atoms with van der Waals surface area (Å²) in [4.78, 5) is 12.6. The molecule has 0 fully saturated rings. The molecule has 0 aliphatic heterocycles. The van der Waals surface area contributed by atoms with E-state index in [1.54, 1.807) is 30.3 Å². The number of hydrogen-bond acceptors (Lipinski definition) is 4. The zero-order chi connectivity index (χ0) is 23.8. The van der Waals surface area contributed by atoms with Crippen LogP contribution in [0.5, 0.6) is 11.5 Å². The van der Waals surface area contributed by atoms with Crippen molar-refractivity contribution >= 4 is 33.6 Å². The number of para-hydroxylation sites is 1. The summed E-state index contributed by atoms with van der Waals surface area (Å²) < 4.78 is 25.4. The van der Waals surface area contributed by atoms with E-state index < -0.39 is 5.91 Å². The Balaban J connectivity index is 1.85. The van der Waals surface area contributed by atoms with Crippen LogP contribution in [0.2, 0.25) is 0 Å². The van der Waals surface area contributed by atoms with Crippen LogP contribution in [0.1, 0.15) is 23.6 Å². The number of aryl methyl sites for hydroxylation is 1. The quantitative estimate of drug-likeness (QED) is 0.281. The molecular weight excluding hydrogens is 487 g/mol. The van der Waals surface area contributed by atoms with Gasteiger partial charge in [0, 0.05) is 5.69 Å². The van der Waals surface area contributed by atoms with Crippen LogP contribution < -0.4 is 14.8 Å². The van der Waals surface area contributed by atoms with Crippen LogP contribution in [0.15, 0.2) is 70.7 Å². The van der Waals surface area contributed by atoms with Crippen molar-refractivity contribution in [1.82, 2.24) is 0 Å². The molecule has 168 valence electrons. The van der Waals surface area contributed by atoms with Gasteiger partial charge < -0.3 is 14.8 Å². The first kappa shape index (κ1) is 24.0. The zero-order valence-corrected chi connectivity index (χ0v) is 19.8. The molecule has 0 unspecified atom stereocenters. The fourth-order valence-electron chi connectivity index (χ4n) is 3.03. The maximum Gasteiger partial charge on any atom is 0.266 e. The van der Waals surface area contributed by atoms with E-state index in [-0.39, 0.29) is 18.0 Å². The summed E-state index contributed by atoms with van der Waals surface area (Å²) >= 11 is 3.49. The van der Waals surface area contributed by atoms with E-state index in [2.05, 4.69) is 21.2 Å². The number of nitrogens with one attached hydrogen (secondary N) is 1. The maximum absolute atomic E-state index is 13.1. The van der Waals surface area contributed by atoms with E-state index in [0.717, 1.165) is 11.1 Å². The number of amides is 1. The second-order valence-electron chi connectivity index (χ2n) is 7.12. The Morgan fingerprint density at radius 2 is 1.88 bits per heavy atom. The van der Waals surface area contributed by atoms with Crippen molar-refractivity contribution in [2.24, 2.45) is 0 Å². The fourth-order valence-corrected chi connectivity index (χ4v) is 3.60. The van der Waals surface area contributed by atoms with E-state index in [1.165, 1.54) is 18.2 Å². The molecule has 3 rings (SSSR count). The lowest BCUT2D eigenvalue weighted by Gasteiger charge is -2.15. The number of rotatable bonds is 8. The van der Waals surface area contributed by atoms with Gasteiger partial charge in [0.2, 0.25) is 0 Å². The molecule has 0 saturated carbocycles.